The molecule has 0 aliphatic carbocycles. The van der Waals surface area contributed by atoms with E-state index >= 15 is 0 Å². The Hall–Kier alpha value is -2.93. The number of benzene rings is 2. The summed E-state index contributed by atoms with van der Waals surface area (Å²) in [5, 5.41) is 2.44. The summed E-state index contributed by atoms with van der Waals surface area (Å²) >= 11 is 5.61. The van der Waals surface area contributed by atoms with Gasteiger partial charge in [0.05, 0.1) is 11.3 Å². The van der Waals surface area contributed by atoms with Crippen molar-refractivity contribution in [3.05, 3.63) is 58.9 Å². The normalized spacial score (nSPS) is 10.0. The van der Waals surface area contributed by atoms with Gasteiger partial charge in [-0.1, -0.05) is 23.7 Å². The van der Waals surface area contributed by atoms with Crippen LogP contribution >= 0.6 is 11.6 Å². The summed E-state index contributed by atoms with van der Waals surface area (Å²) in [6.45, 7) is -1.09. The molecule has 0 bridgehead atoms. The molecule has 0 aliphatic rings. The van der Waals surface area contributed by atoms with Crippen molar-refractivity contribution in [2.45, 2.75) is 0 Å². The number of aldehydes is 1. The minimum absolute atomic E-state index is 0.0818. The average molecular weight is 366 g/mol. The number of para-hydroxylation sites is 1. The Labute approximate surface area is 147 Å². The highest BCUT2D eigenvalue weighted by molar-refractivity contribution is 6.30. The smallest absolute Gasteiger partial charge is 0.344 e. The number of hydrogen-bond donors (Lipinski definition) is 1. The van der Waals surface area contributed by atoms with Gasteiger partial charge < -0.3 is 14.8 Å². The molecular formula is C17H13ClFNO5. The topological polar surface area (TPSA) is 81.7 Å². The Morgan fingerprint density at radius 2 is 1.92 bits per heavy atom. The van der Waals surface area contributed by atoms with E-state index < -0.39 is 30.9 Å². The zero-order chi connectivity index (χ0) is 18.2. The minimum Gasteiger partial charge on any atom is -0.481 e. The summed E-state index contributed by atoms with van der Waals surface area (Å²) in [7, 11) is 0. The molecule has 0 heterocycles. The second kappa shape index (κ2) is 8.79. The second-order valence-corrected chi connectivity index (χ2v) is 5.21. The Bertz CT molecular complexity index is 796. The molecule has 0 saturated heterocycles. The lowest BCUT2D eigenvalue weighted by atomic mass is 10.2. The van der Waals surface area contributed by atoms with Crippen LogP contribution in [0.3, 0.4) is 0 Å². The summed E-state index contributed by atoms with van der Waals surface area (Å²) in [4.78, 5) is 34.1. The molecule has 2 rings (SSSR count). The molecule has 0 aliphatic heterocycles. The number of anilines is 1. The van der Waals surface area contributed by atoms with Gasteiger partial charge in [0.15, 0.2) is 19.5 Å². The summed E-state index contributed by atoms with van der Waals surface area (Å²) < 4.78 is 23.4. The van der Waals surface area contributed by atoms with Gasteiger partial charge in [-0.15, -0.1) is 0 Å². The number of hydrogen-bond acceptors (Lipinski definition) is 5. The SMILES string of the molecule is O=Cc1ccccc1OCC(=O)OCC(=O)Nc1ccc(Cl)cc1F. The number of ether oxygens (including phenoxy) is 2. The summed E-state index contributed by atoms with van der Waals surface area (Å²) in [6.07, 6.45) is 0.592. The standard InChI is InChI=1S/C17H13ClFNO5/c18-12-5-6-14(13(19)7-12)20-16(22)9-25-17(23)10-24-15-4-2-1-3-11(15)8-21/h1-8H,9-10H2,(H,20,22). The Balaban J connectivity index is 1.79. The maximum atomic E-state index is 13.5. The third-order valence-electron chi connectivity index (χ3n) is 2.96. The number of nitrogens with one attached hydrogen (secondary N) is 1. The minimum atomic E-state index is -0.813. The number of amides is 1. The van der Waals surface area contributed by atoms with Crippen molar-refractivity contribution < 1.29 is 28.2 Å². The second-order valence-electron chi connectivity index (χ2n) is 4.78. The first-order valence-corrected chi connectivity index (χ1v) is 7.45. The number of halogens is 2. The lowest BCUT2D eigenvalue weighted by Crippen LogP contribution is -2.24. The monoisotopic (exact) mass is 365 g/mol. The highest BCUT2D eigenvalue weighted by Gasteiger charge is 2.12. The molecule has 0 aromatic heterocycles. The Kier molecular flexibility index (Phi) is 6.47. The van der Waals surface area contributed by atoms with E-state index in [0.717, 1.165) is 6.07 Å². The largest absolute Gasteiger partial charge is 0.481 e. The van der Waals surface area contributed by atoms with Crippen LogP contribution in [0, 0.1) is 5.82 Å². The van der Waals surface area contributed by atoms with Crippen LogP contribution in [0.1, 0.15) is 10.4 Å². The first kappa shape index (κ1) is 18.4. The molecule has 1 N–H and O–H groups in total. The van der Waals surface area contributed by atoms with E-state index in [1.54, 1.807) is 12.1 Å². The van der Waals surface area contributed by atoms with Gasteiger partial charge in [-0.3, -0.25) is 9.59 Å². The first-order chi connectivity index (χ1) is 12.0. The van der Waals surface area contributed by atoms with Gasteiger partial charge in [-0.2, -0.15) is 0 Å². The fourth-order valence-corrected chi connectivity index (χ4v) is 1.97. The molecule has 25 heavy (non-hydrogen) atoms. The molecule has 6 nitrogen and oxygen atoms in total. The maximum absolute atomic E-state index is 13.5. The van der Waals surface area contributed by atoms with Crippen molar-refractivity contribution in [1.82, 2.24) is 0 Å². The molecule has 0 saturated carbocycles. The number of esters is 1. The molecule has 2 aromatic rings. The van der Waals surface area contributed by atoms with Crippen LogP contribution in [-0.2, 0) is 14.3 Å². The zero-order valence-corrected chi connectivity index (χ0v) is 13.6. The summed E-state index contributed by atoms with van der Waals surface area (Å²) in [5.74, 6) is -2.02. The predicted octanol–water partition coefficient (Wildman–Crippen LogP) is 2.85. The lowest BCUT2D eigenvalue weighted by Gasteiger charge is -2.09. The van der Waals surface area contributed by atoms with Crippen LogP contribution < -0.4 is 10.1 Å². The van der Waals surface area contributed by atoms with E-state index in [9.17, 15) is 18.8 Å². The van der Waals surface area contributed by atoms with Gasteiger partial charge in [0.2, 0.25) is 0 Å². The highest BCUT2D eigenvalue weighted by Crippen LogP contribution is 2.18. The van der Waals surface area contributed by atoms with E-state index in [-0.39, 0.29) is 22.0 Å². The molecule has 0 unspecified atom stereocenters. The lowest BCUT2D eigenvalue weighted by molar-refractivity contribution is -0.149. The maximum Gasteiger partial charge on any atom is 0.344 e. The van der Waals surface area contributed by atoms with Gasteiger partial charge in [0, 0.05) is 5.02 Å². The van der Waals surface area contributed by atoms with E-state index in [4.69, 9.17) is 21.1 Å². The molecular weight excluding hydrogens is 353 g/mol. The van der Waals surface area contributed by atoms with Gasteiger partial charge in [-0.05, 0) is 30.3 Å². The molecule has 8 heteroatoms. The van der Waals surface area contributed by atoms with Gasteiger partial charge in [-0.25, -0.2) is 9.18 Å². The van der Waals surface area contributed by atoms with Crippen LogP contribution in [-0.4, -0.2) is 31.4 Å². The third-order valence-corrected chi connectivity index (χ3v) is 3.20. The van der Waals surface area contributed by atoms with E-state index in [1.807, 2.05) is 0 Å². The molecule has 130 valence electrons. The number of carbonyl (C=O) groups is 3. The molecule has 0 radical (unpaired) electrons. The molecule has 0 fully saturated rings. The fraction of sp³-hybridized carbons (Fsp3) is 0.118. The predicted molar refractivity (Wildman–Crippen MR) is 88.3 cm³/mol. The van der Waals surface area contributed by atoms with Crippen molar-refractivity contribution >= 4 is 35.5 Å². The Morgan fingerprint density at radius 3 is 2.64 bits per heavy atom. The van der Waals surface area contributed by atoms with Crippen molar-refractivity contribution in [3.63, 3.8) is 0 Å². The van der Waals surface area contributed by atoms with Crippen LogP contribution in [0.5, 0.6) is 5.75 Å². The van der Waals surface area contributed by atoms with Crippen LogP contribution in [0.25, 0.3) is 0 Å². The summed E-state index contributed by atoms with van der Waals surface area (Å²) in [6, 6.07) is 10.1. The van der Waals surface area contributed by atoms with Crippen molar-refractivity contribution in [2.75, 3.05) is 18.5 Å². The number of rotatable bonds is 7. The van der Waals surface area contributed by atoms with Crippen molar-refractivity contribution in [2.24, 2.45) is 0 Å². The number of carbonyl (C=O) groups excluding carboxylic acids is 3. The first-order valence-electron chi connectivity index (χ1n) is 7.07. The Morgan fingerprint density at radius 1 is 1.16 bits per heavy atom. The quantitative estimate of drug-likeness (QED) is 0.602. The zero-order valence-electron chi connectivity index (χ0n) is 12.8. The molecule has 1 amide bonds. The van der Waals surface area contributed by atoms with Crippen molar-refractivity contribution in [1.29, 1.82) is 0 Å². The molecule has 0 atom stereocenters. The van der Waals surface area contributed by atoms with Gasteiger partial charge >= 0.3 is 5.97 Å². The fourth-order valence-electron chi connectivity index (χ4n) is 1.81. The molecule has 0 spiro atoms. The van der Waals surface area contributed by atoms with E-state index in [2.05, 4.69) is 5.32 Å². The van der Waals surface area contributed by atoms with Crippen LogP contribution in [0.15, 0.2) is 42.5 Å². The summed E-state index contributed by atoms with van der Waals surface area (Å²) in [5.41, 5.74) is 0.202. The molecule has 2 aromatic carbocycles. The van der Waals surface area contributed by atoms with Gasteiger partial charge in [0.1, 0.15) is 11.6 Å². The highest BCUT2D eigenvalue weighted by atomic mass is 35.5. The van der Waals surface area contributed by atoms with Crippen molar-refractivity contribution in [3.8, 4) is 5.75 Å². The van der Waals surface area contributed by atoms with Gasteiger partial charge in [0.25, 0.3) is 5.91 Å². The third kappa shape index (κ3) is 5.58. The van der Waals surface area contributed by atoms with Crippen LogP contribution in [0.2, 0.25) is 5.02 Å². The van der Waals surface area contributed by atoms with Crippen LogP contribution in [0.4, 0.5) is 10.1 Å². The van der Waals surface area contributed by atoms with E-state index in [0.29, 0.717) is 6.29 Å². The average Bonchev–Trinajstić information content (AvgIpc) is 2.60. The van der Waals surface area contributed by atoms with E-state index in [1.165, 1.54) is 24.3 Å².